The molecular weight excluding hydrogens is 482 g/mol. The van der Waals surface area contributed by atoms with Crippen molar-refractivity contribution in [3.63, 3.8) is 0 Å². The molecule has 10 nitrogen and oxygen atoms in total. The van der Waals surface area contributed by atoms with E-state index in [1.165, 1.54) is 17.6 Å². The molecule has 4 rings (SSSR count). The summed E-state index contributed by atoms with van der Waals surface area (Å²) in [6.45, 7) is 0. The maximum atomic E-state index is 13.0. The van der Waals surface area contributed by atoms with Crippen molar-refractivity contribution in [2.45, 2.75) is 43.0 Å². The van der Waals surface area contributed by atoms with Crippen LogP contribution in [0.4, 0.5) is 5.69 Å². The number of sulfonamides is 2. The second-order valence-corrected chi connectivity index (χ2v) is 11.7. The molecule has 182 valence electrons. The van der Waals surface area contributed by atoms with Gasteiger partial charge in [0.15, 0.2) is 0 Å². The van der Waals surface area contributed by atoms with Gasteiger partial charge < -0.3 is 4.42 Å². The van der Waals surface area contributed by atoms with Gasteiger partial charge in [0.1, 0.15) is 17.4 Å². The van der Waals surface area contributed by atoms with E-state index in [1.807, 2.05) is 0 Å². The second kappa shape index (κ2) is 9.74. The van der Waals surface area contributed by atoms with Crippen molar-refractivity contribution in [1.29, 1.82) is 0 Å². The molecule has 0 saturated carbocycles. The summed E-state index contributed by atoms with van der Waals surface area (Å²) >= 11 is 0. The second-order valence-electron chi connectivity index (χ2n) is 8.09. The third-order valence-corrected chi connectivity index (χ3v) is 8.47. The van der Waals surface area contributed by atoms with Crippen LogP contribution in [0.5, 0.6) is 0 Å². The zero-order valence-corrected chi connectivity index (χ0v) is 19.8. The maximum Gasteiger partial charge on any atom is 0.261 e. The number of hydroxylamine groups is 1. The van der Waals surface area contributed by atoms with Gasteiger partial charge in [0.05, 0.1) is 10.6 Å². The summed E-state index contributed by atoms with van der Waals surface area (Å²) in [6, 6.07) is 11.1. The molecule has 1 aliphatic rings. The van der Waals surface area contributed by atoms with Crippen LogP contribution < -0.4 is 14.9 Å². The molecule has 0 fully saturated rings. The minimum Gasteiger partial charge on any atom is -0.461 e. The summed E-state index contributed by atoms with van der Waals surface area (Å²) in [5.41, 5.74) is 3.25. The highest BCUT2D eigenvalue weighted by atomic mass is 32.2. The monoisotopic (exact) mass is 507 g/mol. The Morgan fingerprint density at radius 3 is 2.50 bits per heavy atom. The molecule has 34 heavy (non-hydrogen) atoms. The number of carbonyl (C=O) groups excluding carboxylic acids is 1. The summed E-state index contributed by atoms with van der Waals surface area (Å²) in [6.07, 6.45) is 3.32. The summed E-state index contributed by atoms with van der Waals surface area (Å²) in [5, 5.41) is 9.92. The predicted octanol–water partition coefficient (Wildman–Crippen LogP) is 2.30. The lowest BCUT2D eigenvalue weighted by Gasteiger charge is -2.17. The first kappa shape index (κ1) is 24.2. The standard InChI is InChI=1S/C22H25N3O7S2/c26-22(23-27)19(12-13-33(28,29)24-15-6-2-1-3-7-15)25-34(30,31)16-10-11-18-17-8-4-5-9-20(17)32-21(18)14-16/h1-3,6-7,10-11,14,19,24-25,27H,4-5,8-9,12-13H2,(H,23,26)/t19-/m0/s1. The van der Waals surface area contributed by atoms with Crippen LogP contribution in [0.15, 0.2) is 57.8 Å². The molecular formula is C22H25N3O7S2. The van der Waals surface area contributed by atoms with Gasteiger partial charge in [0.25, 0.3) is 5.91 Å². The van der Waals surface area contributed by atoms with E-state index in [0.717, 1.165) is 42.4 Å². The average Bonchev–Trinajstić information content (AvgIpc) is 3.19. The average molecular weight is 508 g/mol. The van der Waals surface area contributed by atoms with E-state index in [9.17, 15) is 21.6 Å². The third-order valence-electron chi connectivity index (χ3n) is 5.69. The maximum absolute atomic E-state index is 13.0. The molecule has 1 atom stereocenters. The molecule has 12 heteroatoms. The van der Waals surface area contributed by atoms with E-state index in [0.29, 0.717) is 11.3 Å². The largest absolute Gasteiger partial charge is 0.461 e. The van der Waals surface area contributed by atoms with Gasteiger partial charge in [-0.25, -0.2) is 22.3 Å². The lowest BCUT2D eigenvalue weighted by atomic mass is 9.96. The van der Waals surface area contributed by atoms with E-state index in [4.69, 9.17) is 9.62 Å². The number of rotatable bonds is 9. The topological polar surface area (TPSA) is 155 Å². The highest BCUT2D eigenvalue weighted by molar-refractivity contribution is 7.92. The Labute approximate surface area is 197 Å². The van der Waals surface area contributed by atoms with Gasteiger partial charge in [-0.1, -0.05) is 18.2 Å². The lowest BCUT2D eigenvalue weighted by Crippen LogP contribution is -2.46. The zero-order valence-electron chi connectivity index (χ0n) is 18.2. The molecule has 1 aromatic heterocycles. The Hall–Kier alpha value is -2.93. The molecule has 1 aliphatic carbocycles. The van der Waals surface area contributed by atoms with Crippen molar-refractivity contribution in [1.82, 2.24) is 10.2 Å². The van der Waals surface area contributed by atoms with Gasteiger partial charge in [-0.2, -0.15) is 4.72 Å². The molecule has 1 heterocycles. The zero-order chi connectivity index (χ0) is 24.3. The van der Waals surface area contributed by atoms with Crippen molar-refractivity contribution < 1.29 is 31.3 Å². The number of aryl methyl sites for hydroxylation is 2. The van der Waals surface area contributed by atoms with Crippen LogP contribution in [0, 0.1) is 0 Å². The first-order valence-electron chi connectivity index (χ1n) is 10.7. The fraction of sp³-hybridized carbons (Fsp3) is 0.318. The van der Waals surface area contributed by atoms with Crippen LogP contribution in [-0.2, 0) is 37.7 Å². The van der Waals surface area contributed by atoms with Gasteiger partial charge >= 0.3 is 0 Å². The Morgan fingerprint density at radius 1 is 1.03 bits per heavy atom. The highest BCUT2D eigenvalue weighted by Gasteiger charge is 2.28. The van der Waals surface area contributed by atoms with Crippen molar-refractivity contribution in [3.05, 3.63) is 59.9 Å². The van der Waals surface area contributed by atoms with Crippen LogP contribution in [0.1, 0.15) is 30.6 Å². The molecule has 0 spiro atoms. The number of hydrogen-bond donors (Lipinski definition) is 4. The Bertz CT molecular complexity index is 1400. The van der Waals surface area contributed by atoms with Crippen LogP contribution in [0.3, 0.4) is 0 Å². The van der Waals surface area contributed by atoms with Crippen molar-refractivity contribution in [2.24, 2.45) is 0 Å². The highest BCUT2D eigenvalue weighted by Crippen LogP contribution is 2.33. The number of fused-ring (bicyclic) bond motifs is 3. The van der Waals surface area contributed by atoms with E-state index in [-0.39, 0.29) is 4.90 Å². The predicted molar refractivity (Wildman–Crippen MR) is 125 cm³/mol. The first-order chi connectivity index (χ1) is 16.2. The molecule has 4 N–H and O–H groups in total. The number of amides is 1. The van der Waals surface area contributed by atoms with Crippen LogP contribution in [0.2, 0.25) is 0 Å². The van der Waals surface area contributed by atoms with Gasteiger partial charge in [-0.15, -0.1) is 0 Å². The summed E-state index contributed by atoms with van der Waals surface area (Å²) in [5.74, 6) is -0.780. The minimum absolute atomic E-state index is 0.132. The van der Waals surface area contributed by atoms with Gasteiger partial charge in [-0.05, 0) is 49.9 Å². The summed E-state index contributed by atoms with van der Waals surface area (Å²) in [7, 11) is -8.12. The van der Waals surface area contributed by atoms with E-state index >= 15 is 0 Å². The Morgan fingerprint density at radius 2 is 1.76 bits per heavy atom. The molecule has 3 aromatic rings. The van der Waals surface area contributed by atoms with Crippen molar-refractivity contribution in [2.75, 3.05) is 10.5 Å². The molecule has 0 radical (unpaired) electrons. The van der Waals surface area contributed by atoms with E-state index < -0.39 is 44.2 Å². The molecule has 2 aromatic carbocycles. The Kier molecular flexibility index (Phi) is 6.94. The fourth-order valence-electron chi connectivity index (χ4n) is 4.00. The third kappa shape index (κ3) is 5.41. The summed E-state index contributed by atoms with van der Waals surface area (Å²) < 4.78 is 61.2. The molecule has 1 amide bonds. The van der Waals surface area contributed by atoms with Gasteiger partial charge in [0.2, 0.25) is 20.0 Å². The molecule has 0 aliphatic heterocycles. The molecule has 0 unspecified atom stereocenters. The van der Waals surface area contributed by atoms with Crippen LogP contribution in [0.25, 0.3) is 11.0 Å². The molecule has 0 bridgehead atoms. The smallest absolute Gasteiger partial charge is 0.261 e. The number of anilines is 1. The first-order valence-corrected chi connectivity index (χ1v) is 13.9. The van der Waals surface area contributed by atoms with Gasteiger partial charge in [-0.3, -0.25) is 14.7 Å². The van der Waals surface area contributed by atoms with Crippen LogP contribution >= 0.6 is 0 Å². The van der Waals surface area contributed by atoms with E-state index in [2.05, 4.69) is 9.44 Å². The minimum atomic E-state index is -4.23. The molecule has 0 saturated heterocycles. The summed E-state index contributed by atoms with van der Waals surface area (Å²) in [4.78, 5) is 12.0. The number of carbonyl (C=O) groups is 1. The van der Waals surface area contributed by atoms with Crippen molar-refractivity contribution in [3.8, 4) is 0 Å². The van der Waals surface area contributed by atoms with Crippen molar-refractivity contribution >= 4 is 42.6 Å². The number of hydrogen-bond acceptors (Lipinski definition) is 7. The van der Waals surface area contributed by atoms with Gasteiger partial charge in [0, 0.05) is 29.1 Å². The quantitative estimate of drug-likeness (QED) is 0.256. The normalized spacial score (nSPS) is 15.0. The number of nitrogens with one attached hydrogen (secondary N) is 3. The number of para-hydroxylation sites is 1. The van der Waals surface area contributed by atoms with E-state index in [1.54, 1.807) is 36.4 Å². The van der Waals surface area contributed by atoms with Crippen LogP contribution in [-0.4, -0.2) is 39.7 Å². The fourth-order valence-corrected chi connectivity index (χ4v) is 6.39. The number of furan rings is 1. The number of benzene rings is 2. The SMILES string of the molecule is O=C(NO)[C@H](CCS(=O)(=O)Nc1ccccc1)NS(=O)(=O)c1ccc2c3c(oc2c1)CCCC3. The lowest BCUT2D eigenvalue weighted by molar-refractivity contribution is -0.130. The Balaban J connectivity index is 1.51.